The molecule has 0 atom stereocenters. The number of carbonyl (C=O) groups excluding carboxylic acids is 2. The standard InChI is InChI=1S/C23H25Cl2FN4O2.C2HF3O2/c1-14(2)13-28-5-7-29(8-6-28)23(32)17-10-15(3-4-19(17)26)9-16-12-27-22(31)20-11-18(24)21(25)30(16)20;3-2(4,5)1(6)7/h3-4,10-12,14H,5-9,13H2,1-2H3,(H,27,31);(H,6,7). The second-order valence-corrected chi connectivity index (χ2v) is 10.3. The molecule has 14 heteroatoms. The summed E-state index contributed by atoms with van der Waals surface area (Å²) in [5, 5.41) is 9.30. The molecule has 1 aliphatic heterocycles. The predicted molar refractivity (Wildman–Crippen MR) is 135 cm³/mol. The lowest BCUT2D eigenvalue weighted by atomic mass is 10.0. The van der Waals surface area contributed by atoms with Gasteiger partial charge in [0.2, 0.25) is 0 Å². The summed E-state index contributed by atoms with van der Waals surface area (Å²) in [6, 6.07) is 6.04. The van der Waals surface area contributed by atoms with Crippen molar-refractivity contribution in [2.45, 2.75) is 26.4 Å². The van der Waals surface area contributed by atoms with Crippen LogP contribution in [0.5, 0.6) is 0 Å². The van der Waals surface area contributed by atoms with Crippen molar-refractivity contribution in [2.24, 2.45) is 5.92 Å². The molecule has 0 radical (unpaired) electrons. The summed E-state index contributed by atoms with van der Waals surface area (Å²) in [7, 11) is 0. The van der Waals surface area contributed by atoms with Gasteiger partial charge in [-0.2, -0.15) is 13.2 Å². The first-order valence-corrected chi connectivity index (χ1v) is 12.7. The first-order valence-electron chi connectivity index (χ1n) is 12.0. The van der Waals surface area contributed by atoms with Crippen LogP contribution in [0.15, 0.2) is 35.3 Å². The Kier molecular flexibility index (Phi) is 9.68. The molecule has 1 aromatic carbocycles. The molecule has 4 rings (SSSR count). The highest BCUT2D eigenvalue weighted by molar-refractivity contribution is 6.42. The number of nitrogens with one attached hydrogen (secondary N) is 2. The number of carboxylic acids is 1. The summed E-state index contributed by atoms with van der Waals surface area (Å²) in [5.41, 5.74) is 1.49. The van der Waals surface area contributed by atoms with Crippen LogP contribution in [0.4, 0.5) is 17.6 Å². The summed E-state index contributed by atoms with van der Waals surface area (Å²) < 4.78 is 47.7. The van der Waals surface area contributed by atoms with Crippen LogP contribution in [0.1, 0.15) is 35.5 Å². The molecule has 3 aromatic rings. The Morgan fingerprint density at radius 1 is 1.15 bits per heavy atom. The van der Waals surface area contributed by atoms with Crippen molar-refractivity contribution in [3.8, 4) is 0 Å². The van der Waals surface area contributed by atoms with Gasteiger partial charge in [-0.1, -0.05) is 43.1 Å². The number of H-pyrrole nitrogens is 1. The maximum absolute atomic E-state index is 14.6. The van der Waals surface area contributed by atoms with Gasteiger partial charge in [0.05, 0.1) is 43.3 Å². The van der Waals surface area contributed by atoms with E-state index in [1.807, 2.05) is 0 Å². The second-order valence-electron chi connectivity index (χ2n) is 9.53. The normalized spacial score (nSPS) is 14.4. The maximum Gasteiger partial charge on any atom is 0.430 e. The van der Waals surface area contributed by atoms with Crippen LogP contribution in [0, 0.1) is 11.7 Å². The monoisotopic (exact) mass is 592 g/mol. The molecule has 2 aromatic heterocycles. The lowest BCUT2D eigenvalue weighted by Gasteiger charge is -2.33. The third-order valence-electron chi connectivity index (χ3n) is 6.12. The van der Waals surface area contributed by atoms with Crippen LogP contribution in [-0.2, 0) is 11.2 Å². The molecular formula is C25H26Cl2F4N4O4. The minimum absolute atomic E-state index is 0.0621. The number of hydrogen-bond donors (Lipinski definition) is 2. The van der Waals surface area contributed by atoms with Crippen molar-refractivity contribution in [3.63, 3.8) is 0 Å². The van der Waals surface area contributed by atoms with Crippen LogP contribution in [0.2, 0.25) is 10.2 Å². The van der Waals surface area contributed by atoms with Crippen LogP contribution >= 0.6 is 23.2 Å². The number of piperazine rings is 1. The number of rotatable bonds is 5. The minimum atomic E-state index is -5.19. The average molecular weight is 593 g/mol. The number of nitrogens with zero attached hydrogens (tertiary/aromatic N) is 2. The summed E-state index contributed by atoms with van der Waals surface area (Å²) in [6.07, 6.45) is -3.30. The topological polar surface area (TPSA) is 102 Å². The zero-order valence-corrected chi connectivity index (χ0v) is 22.5. The number of carbonyl (C=O) groups is 2. The highest BCUT2D eigenvalue weighted by Gasteiger charge is 2.29. The van der Waals surface area contributed by atoms with E-state index >= 15 is 0 Å². The van der Waals surface area contributed by atoms with E-state index in [-0.39, 0.29) is 27.2 Å². The Morgan fingerprint density at radius 2 is 1.77 bits per heavy atom. The number of aromatic nitrogens is 2. The van der Waals surface area contributed by atoms with Gasteiger partial charge >= 0.3 is 6.18 Å². The molecule has 2 N–H and O–H groups in total. The number of fused-ring (bicyclic) bond motifs is 1. The smallest absolute Gasteiger partial charge is 0.430 e. The van der Waals surface area contributed by atoms with Crippen LogP contribution < -0.4 is 15.6 Å². The fourth-order valence-corrected chi connectivity index (χ4v) is 4.80. The number of quaternary nitrogens is 1. The van der Waals surface area contributed by atoms with Gasteiger partial charge in [-0.15, -0.1) is 0 Å². The molecule has 0 spiro atoms. The highest BCUT2D eigenvalue weighted by Crippen LogP contribution is 2.27. The fraction of sp³-hybridized carbons (Fsp3) is 0.400. The molecule has 212 valence electrons. The third-order valence-corrected chi connectivity index (χ3v) is 6.88. The fourth-order valence-electron chi connectivity index (χ4n) is 4.36. The lowest BCUT2D eigenvalue weighted by molar-refractivity contribution is -0.906. The van der Waals surface area contributed by atoms with E-state index < -0.39 is 18.0 Å². The van der Waals surface area contributed by atoms with Gasteiger partial charge in [-0.25, -0.2) is 4.39 Å². The van der Waals surface area contributed by atoms with Gasteiger partial charge < -0.3 is 24.7 Å². The van der Waals surface area contributed by atoms with Crippen LogP contribution in [0.25, 0.3) is 5.52 Å². The van der Waals surface area contributed by atoms with E-state index in [2.05, 4.69) is 18.8 Å². The number of amides is 1. The van der Waals surface area contributed by atoms with Gasteiger partial charge in [-0.05, 0) is 23.8 Å². The number of aromatic amines is 1. The summed E-state index contributed by atoms with van der Waals surface area (Å²) in [4.78, 5) is 39.8. The van der Waals surface area contributed by atoms with E-state index in [0.717, 1.165) is 25.2 Å². The van der Waals surface area contributed by atoms with Gasteiger partial charge in [0.1, 0.15) is 22.5 Å². The molecular weight excluding hydrogens is 567 g/mol. The Hall–Kier alpha value is -3.09. The largest absolute Gasteiger partial charge is 0.542 e. The first kappa shape index (κ1) is 30.5. The molecule has 0 aliphatic carbocycles. The number of halogens is 6. The summed E-state index contributed by atoms with van der Waals surface area (Å²) >= 11 is 12.4. The van der Waals surface area contributed by atoms with E-state index in [1.165, 1.54) is 17.0 Å². The van der Waals surface area contributed by atoms with Crippen molar-refractivity contribution >= 4 is 40.6 Å². The number of carboxylic acid groups (broad SMARTS) is 1. The molecule has 0 bridgehead atoms. The highest BCUT2D eigenvalue weighted by atomic mass is 35.5. The van der Waals surface area contributed by atoms with Crippen molar-refractivity contribution in [1.29, 1.82) is 0 Å². The molecule has 0 unspecified atom stereocenters. The van der Waals surface area contributed by atoms with Crippen LogP contribution in [-0.4, -0.2) is 65.1 Å². The Labute approximate surface area is 230 Å². The molecule has 3 heterocycles. The van der Waals surface area contributed by atoms with Gasteiger partial charge in [-0.3, -0.25) is 14.0 Å². The van der Waals surface area contributed by atoms with Crippen molar-refractivity contribution in [2.75, 3.05) is 32.7 Å². The Balaban J connectivity index is 0.000000532. The molecule has 1 saturated heterocycles. The zero-order chi connectivity index (χ0) is 29.1. The zero-order valence-electron chi connectivity index (χ0n) is 21.0. The SMILES string of the molecule is CC(C)C[NH+]1CCN(C(=O)c2cc(Cc3c[nH]c(=O)c4cc(Cl)c(Cl)n34)ccc2F)CC1.O=C([O-])C(F)(F)F. The molecule has 1 aliphatic rings. The van der Waals surface area contributed by atoms with E-state index in [4.69, 9.17) is 33.1 Å². The van der Waals surface area contributed by atoms with E-state index in [9.17, 15) is 27.2 Å². The van der Waals surface area contributed by atoms with Crippen LogP contribution in [0.3, 0.4) is 0 Å². The van der Waals surface area contributed by atoms with Gasteiger partial charge in [0.15, 0.2) is 0 Å². The Bertz CT molecular complexity index is 1410. The van der Waals surface area contributed by atoms with Gasteiger partial charge in [0.25, 0.3) is 11.5 Å². The molecule has 39 heavy (non-hydrogen) atoms. The Morgan fingerprint density at radius 3 is 2.33 bits per heavy atom. The number of alkyl halides is 3. The minimum Gasteiger partial charge on any atom is -0.542 e. The third kappa shape index (κ3) is 7.52. The second kappa shape index (κ2) is 12.4. The molecule has 1 amide bonds. The maximum atomic E-state index is 14.6. The first-order chi connectivity index (χ1) is 18.2. The summed E-state index contributed by atoms with van der Waals surface area (Å²) in [5.74, 6) is -3.23. The van der Waals surface area contributed by atoms with Gasteiger partial charge in [0, 0.05) is 24.2 Å². The molecule has 8 nitrogen and oxygen atoms in total. The quantitative estimate of drug-likeness (QED) is 0.442. The van der Waals surface area contributed by atoms with Crippen molar-refractivity contribution < 1.29 is 37.2 Å². The van der Waals surface area contributed by atoms with Crippen molar-refractivity contribution in [3.05, 3.63) is 73.6 Å². The van der Waals surface area contributed by atoms with E-state index in [0.29, 0.717) is 36.6 Å². The van der Waals surface area contributed by atoms with Crippen molar-refractivity contribution in [1.82, 2.24) is 14.3 Å². The molecule has 0 saturated carbocycles. The lowest BCUT2D eigenvalue weighted by Crippen LogP contribution is -3.15. The number of hydrogen-bond acceptors (Lipinski definition) is 4. The summed E-state index contributed by atoms with van der Waals surface area (Å²) in [6.45, 7) is 8.42. The molecule has 1 fully saturated rings. The predicted octanol–water partition coefficient (Wildman–Crippen LogP) is 1.96. The van der Waals surface area contributed by atoms with E-state index in [1.54, 1.807) is 27.6 Å². The number of aliphatic carboxylic acids is 1. The average Bonchev–Trinajstić information content (AvgIpc) is 3.16. The number of benzene rings is 1.